The smallest absolute Gasteiger partial charge is 0.338 e. The Morgan fingerprint density at radius 3 is 2.67 bits per heavy atom. The van der Waals surface area contributed by atoms with Crippen LogP contribution in [0.5, 0.6) is 0 Å². The van der Waals surface area contributed by atoms with Crippen LogP contribution in [0.3, 0.4) is 0 Å². The van der Waals surface area contributed by atoms with Crippen molar-refractivity contribution in [2.45, 2.75) is 33.1 Å². The largest absolute Gasteiger partial charge is 0.462 e. The Kier molecular flexibility index (Phi) is 7.86. The number of carbonyl (C=O) groups excluding carboxylic acids is 1. The Morgan fingerprint density at radius 2 is 1.93 bits per heavy atom. The predicted octanol–water partition coefficient (Wildman–Crippen LogP) is 5.15. The van der Waals surface area contributed by atoms with E-state index in [1.165, 1.54) is 30.5 Å². The molecule has 1 aromatic carbocycles. The maximum absolute atomic E-state index is 12.1. The summed E-state index contributed by atoms with van der Waals surface area (Å²) in [5.74, 6) is -0.293. The van der Waals surface area contributed by atoms with Crippen LogP contribution >= 0.6 is 12.4 Å². The first kappa shape index (κ1) is 21.0. The highest BCUT2D eigenvalue weighted by Crippen LogP contribution is 2.25. The fraction of sp³-hybridized carbons (Fsp3) is 0.364. The number of aryl methyl sites for hydroxylation is 1. The molecule has 1 saturated heterocycles. The number of benzene rings is 1. The van der Waals surface area contributed by atoms with E-state index in [0.29, 0.717) is 12.2 Å². The summed E-state index contributed by atoms with van der Waals surface area (Å²) >= 11 is 0. The third kappa shape index (κ3) is 5.33. The minimum atomic E-state index is -0.293. The van der Waals surface area contributed by atoms with Crippen molar-refractivity contribution in [2.75, 3.05) is 24.6 Å². The van der Waals surface area contributed by atoms with E-state index in [9.17, 15) is 4.79 Å². The molecule has 144 valence electrons. The summed E-state index contributed by atoms with van der Waals surface area (Å²) in [5.41, 5.74) is 4.78. The zero-order valence-corrected chi connectivity index (χ0v) is 16.8. The number of hydrogen-bond donors (Lipinski definition) is 0. The molecule has 1 fully saturated rings. The number of halogens is 1. The monoisotopic (exact) mass is 386 g/mol. The van der Waals surface area contributed by atoms with E-state index in [-0.39, 0.29) is 18.4 Å². The summed E-state index contributed by atoms with van der Waals surface area (Å²) in [5, 5.41) is 0. The minimum Gasteiger partial charge on any atom is -0.462 e. The van der Waals surface area contributed by atoms with Gasteiger partial charge in [0, 0.05) is 25.0 Å². The second-order valence-corrected chi connectivity index (χ2v) is 6.58. The lowest BCUT2D eigenvalue weighted by Crippen LogP contribution is -2.30. The van der Waals surface area contributed by atoms with Crippen LogP contribution in [0.2, 0.25) is 0 Å². The molecule has 0 amide bonds. The fourth-order valence-electron chi connectivity index (χ4n) is 3.31. The molecule has 1 aliphatic heterocycles. The van der Waals surface area contributed by atoms with Crippen LogP contribution in [0.4, 0.5) is 5.69 Å². The van der Waals surface area contributed by atoms with Gasteiger partial charge in [-0.05, 0) is 62.4 Å². The number of anilines is 1. The van der Waals surface area contributed by atoms with Crippen LogP contribution in [0.15, 0.2) is 36.5 Å². The molecule has 5 heteroatoms. The summed E-state index contributed by atoms with van der Waals surface area (Å²) in [6.07, 6.45) is 9.65. The lowest BCUT2D eigenvalue weighted by atomic mass is 10.1. The third-order valence-electron chi connectivity index (χ3n) is 4.68. The first-order valence-electron chi connectivity index (χ1n) is 9.35. The van der Waals surface area contributed by atoms with E-state index >= 15 is 0 Å². The van der Waals surface area contributed by atoms with Crippen LogP contribution in [-0.2, 0) is 4.74 Å². The normalized spacial score (nSPS) is 14.1. The molecule has 0 aliphatic carbocycles. The van der Waals surface area contributed by atoms with Gasteiger partial charge in [0.15, 0.2) is 0 Å². The summed E-state index contributed by atoms with van der Waals surface area (Å²) in [6, 6.07) is 9.62. The van der Waals surface area contributed by atoms with Crippen LogP contribution in [-0.4, -0.2) is 30.6 Å². The van der Waals surface area contributed by atoms with Gasteiger partial charge in [-0.15, -0.1) is 12.4 Å². The summed E-state index contributed by atoms with van der Waals surface area (Å²) < 4.78 is 5.14. The van der Waals surface area contributed by atoms with Crippen LogP contribution in [0.1, 0.15) is 53.4 Å². The fourth-order valence-corrected chi connectivity index (χ4v) is 3.31. The number of hydrogen-bond acceptors (Lipinski definition) is 4. The second kappa shape index (κ2) is 10.1. The number of nitrogens with zero attached hydrogens (tertiary/aromatic N) is 2. The van der Waals surface area contributed by atoms with E-state index in [4.69, 9.17) is 4.74 Å². The van der Waals surface area contributed by atoms with Gasteiger partial charge < -0.3 is 9.64 Å². The standard InChI is InChI=1S/C22H26N2O2.ClH/c1-3-26-22(25)20-10-6-5-9-18(20)11-12-19-15-21(17(2)16-23-19)24-13-7-4-8-14-24;/h5-6,9-12,15-16H,3-4,7-8,13-14H2,1-2H3;1H/b12-11+;. The highest BCUT2D eigenvalue weighted by molar-refractivity contribution is 5.94. The first-order chi connectivity index (χ1) is 12.7. The van der Waals surface area contributed by atoms with Gasteiger partial charge in [-0.2, -0.15) is 0 Å². The number of esters is 1. The molecular weight excluding hydrogens is 360 g/mol. The highest BCUT2D eigenvalue weighted by atomic mass is 35.5. The van der Waals surface area contributed by atoms with E-state index in [2.05, 4.69) is 22.9 Å². The van der Waals surface area contributed by atoms with Gasteiger partial charge in [0.25, 0.3) is 0 Å². The Morgan fingerprint density at radius 1 is 1.19 bits per heavy atom. The second-order valence-electron chi connectivity index (χ2n) is 6.58. The number of carbonyl (C=O) groups is 1. The molecule has 0 radical (unpaired) electrons. The van der Waals surface area contributed by atoms with Crippen molar-refractivity contribution in [1.82, 2.24) is 4.98 Å². The molecular formula is C22H27ClN2O2. The molecule has 0 saturated carbocycles. The molecule has 1 aromatic heterocycles. The van der Waals surface area contributed by atoms with Crippen molar-refractivity contribution < 1.29 is 9.53 Å². The predicted molar refractivity (Wildman–Crippen MR) is 114 cm³/mol. The van der Waals surface area contributed by atoms with E-state index in [1.807, 2.05) is 43.5 Å². The van der Waals surface area contributed by atoms with Gasteiger partial charge in [-0.3, -0.25) is 4.98 Å². The molecule has 0 bridgehead atoms. The average molecular weight is 387 g/mol. The van der Waals surface area contributed by atoms with Gasteiger partial charge in [0.2, 0.25) is 0 Å². The molecule has 1 aliphatic rings. The average Bonchev–Trinajstić information content (AvgIpc) is 2.68. The third-order valence-corrected chi connectivity index (χ3v) is 4.68. The Bertz CT molecular complexity index is 799. The number of ether oxygens (including phenoxy) is 1. The SMILES string of the molecule is CCOC(=O)c1ccccc1/C=C/c1cc(N2CCCCC2)c(C)cn1.Cl. The summed E-state index contributed by atoms with van der Waals surface area (Å²) in [4.78, 5) is 19.1. The van der Waals surface area contributed by atoms with Crippen LogP contribution in [0.25, 0.3) is 12.2 Å². The molecule has 0 unspecified atom stereocenters. The molecule has 27 heavy (non-hydrogen) atoms. The van der Waals surface area contributed by atoms with Crippen LogP contribution in [0, 0.1) is 6.92 Å². The van der Waals surface area contributed by atoms with Gasteiger partial charge >= 0.3 is 5.97 Å². The van der Waals surface area contributed by atoms with E-state index < -0.39 is 0 Å². The lowest BCUT2D eigenvalue weighted by molar-refractivity contribution is 0.0526. The quantitative estimate of drug-likeness (QED) is 0.666. The minimum absolute atomic E-state index is 0. The Balaban J connectivity index is 0.00000261. The van der Waals surface area contributed by atoms with Crippen molar-refractivity contribution in [2.24, 2.45) is 0 Å². The van der Waals surface area contributed by atoms with Gasteiger partial charge in [-0.25, -0.2) is 4.79 Å². The van der Waals surface area contributed by atoms with E-state index in [1.54, 1.807) is 6.07 Å². The maximum Gasteiger partial charge on any atom is 0.338 e. The zero-order valence-electron chi connectivity index (χ0n) is 16.0. The van der Waals surface area contributed by atoms with Gasteiger partial charge in [0.05, 0.1) is 17.9 Å². The Labute approximate surface area is 167 Å². The topological polar surface area (TPSA) is 42.4 Å². The van der Waals surface area contributed by atoms with Crippen molar-refractivity contribution in [3.8, 4) is 0 Å². The number of pyridine rings is 1. The van der Waals surface area contributed by atoms with Gasteiger partial charge in [-0.1, -0.05) is 24.3 Å². The van der Waals surface area contributed by atoms with E-state index in [0.717, 1.165) is 24.3 Å². The molecule has 2 aromatic rings. The van der Waals surface area contributed by atoms with Crippen molar-refractivity contribution >= 4 is 36.2 Å². The van der Waals surface area contributed by atoms with Crippen molar-refractivity contribution in [1.29, 1.82) is 0 Å². The molecule has 0 N–H and O–H groups in total. The summed E-state index contributed by atoms with van der Waals surface area (Å²) in [7, 11) is 0. The lowest BCUT2D eigenvalue weighted by Gasteiger charge is -2.30. The molecule has 0 spiro atoms. The summed E-state index contributed by atoms with van der Waals surface area (Å²) in [6.45, 7) is 6.52. The van der Waals surface area contributed by atoms with Crippen molar-refractivity contribution in [3.63, 3.8) is 0 Å². The zero-order chi connectivity index (χ0) is 18.4. The number of piperidine rings is 1. The first-order valence-corrected chi connectivity index (χ1v) is 9.35. The highest BCUT2D eigenvalue weighted by Gasteiger charge is 2.14. The maximum atomic E-state index is 12.1. The van der Waals surface area contributed by atoms with Crippen LogP contribution < -0.4 is 4.90 Å². The molecule has 4 nitrogen and oxygen atoms in total. The molecule has 2 heterocycles. The van der Waals surface area contributed by atoms with Crippen molar-refractivity contribution in [3.05, 3.63) is 58.9 Å². The molecule has 0 atom stereocenters. The Hall–Kier alpha value is -2.33. The number of rotatable bonds is 5. The number of aromatic nitrogens is 1. The molecule has 3 rings (SSSR count). The van der Waals surface area contributed by atoms with Gasteiger partial charge in [0.1, 0.15) is 0 Å².